The number of hydrogen-bond donors (Lipinski definition) is 0. The third-order valence-electron chi connectivity index (χ3n) is 26.7. The highest BCUT2D eigenvalue weighted by Crippen LogP contribution is 2.55. The zero-order valence-electron chi connectivity index (χ0n) is 70.0. The van der Waals surface area contributed by atoms with Crippen LogP contribution in [0, 0.1) is 62.2 Å². The lowest BCUT2D eigenvalue weighted by Gasteiger charge is -2.34. The molecule has 0 aliphatic heterocycles. The van der Waals surface area contributed by atoms with Gasteiger partial charge in [0.05, 0.1) is 0 Å². The molecule has 0 saturated heterocycles. The van der Waals surface area contributed by atoms with E-state index < -0.39 is 5.89 Å². The lowest BCUT2D eigenvalue weighted by molar-refractivity contribution is -0.660. The number of nitrogens with zero attached hydrogens (tertiary/aromatic N) is 4. The average molecular weight is 1450 g/mol. The molecule has 4 aromatic heterocycles. The molecule has 560 valence electrons. The Bertz CT molecular complexity index is 5320. The SMILES string of the molecule is Cc1ccccc1-c1cc(-c2ccc(C3CC4CCC3C4)cc2)cc[n+]1C.Cc1ccccc1-c1cc(-c2cccc(C3CCC(C)(C)CC3)c2)cc[n+]1C.[2H]C1(c2ccc(-c3cc[n+](C)c(-c4ccccc4C)c3)cc2)CC2CCC1C2.[2H]C1(c2cccc(-c3cc[n+](C)c(-c4ccccc4C)c3)c2)CCC(C)(C)CC1. The molecule has 6 atom stereocenters. The Balaban J connectivity index is 0.000000118. The smallest absolute Gasteiger partial charge is 0.201 e. The number of aromatic nitrogens is 4. The van der Waals surface area contributed by atoms with Gasteiger partial charge in [-0.3, -0.25) is 0 Å². The molecular weight excluding hydrogens is 1330 g/mol. The highest BCUT2D eigenvalue weighted by Gasteiger charge is 2.41. The van der Waals surface area contributed by atoms with Crippen LogP contribution >= 0.6 is 0 Å². The maximum absolute atomic E-state index is 9.13. The number of rotatable bonds is 12. The summed E-state index contributed by atoms with van der Waals surface area (Å²) in [7, 11) is 8.47. The van der Waals surface area contributed by atoms with Gasteiger partial charge in [-0.1, -0.05) is 210 Å². The van der Waals surface area contributed by atoms with Gasteiger partial charge >= 0.3 is 0 Å². The minimum atomic E-state index is -0.455. The second-order valence-corrected chi connectivity index (χ2v) is 35.4. The predicted molar refractivity (Wildman–Crippen MR) is 459 cm³/mol. The van der Waals surface area contributed by atoms with Gasteiger partial charge in [0.1, 0.15) is 28.2 Å². The number of pyridine rings is 4. The van der Waals surface area contributed by atoms with Gasteiger partial charge in [0.25, 0.3) is 0 Å². The van der Waals surface area contributed by atoms with Crippen LogP contribution in [0.1, 0.15) is 201 Å². The fourth-order valence-corrected chi connectivity index (χ4v) is 19.5. The number of fused-ring (bicyclic) bond motifs is 4. The van der Waals surface area contributed by atoms with Crippen LogP contribution in [0.15, 0.2) is 267 Å². The standard InChI is InChI=1S/2C27H32N.2C26H28N/c2*1-20-8-5-6-11-25(20)26-19-24(14-17-28(26)4)23-10-7-9-22(18-23)21-12-15-27(2,3)16-13-21;2*1-18-5-3-4-6-24(18)26-17-22(13-14-27(26)2)20-9-11-21(12-10-20)25-16-19-7-8-23(25)15-19/h2*5-11,14,17-19,21H,12-13,15-16H2,1-4H3;2*3-6,9-14,17,19,23,25H,7-8,15-16H2,1-2H3/q4*+1/i21D;;25D;. The number of aryl methyl sites for hydroxylation is 8. The van der Waals surface area contributed by atoms with E-state index >= 15 is 0 Å². The highest BCUT2D eigenvalue weighted by atomic mass is 14.9. The Morgan fingerprint density at radius 2 is 0.636 bits per heavy atom. The molecule has 0 N–H and O–H groups in total. The first kappa shape index (κ1) is 73.2. The number of hydrogen-bond acceptors (Lipinski definition) is 0. The molecule has 0 amide bonds. The van der Waals surface area contributed by atoms with E-state index in [1.165, 1.54) is 194 Å². The number of benzene rings is 8. The Labute approximate surface area is 662 Å². The molecule has 6 aliphatic carbocycles. The van der Waals surface area contributed by atoms with Gasteiger partial charge in [-0.05, 0) is 289 Å². The van der Waals surface area contributed by atoms with Crippen molar-refractivity contribution in [1.82, 2.24) is 0 Å². The summed E-state index contributed by atoms with van der Waals surface area (Å²) in [4.78, 5) is 0. The van der Waals surface area contributed by atoms with Gasteiger partial charge < -0.3 is 0 Å². The van der Waals surface area contributed by atoms with Crippen molar-refractivity contribution in [3.05, 3.63) is 312 Å². The van der Waals surface area contributed by atoms with Crippen molar-refractivity contribution in [3.63, 3.8) is 0 Å². The molecule has 0 radical (unpaired) electrons. The molecule has 12 aromatic rings. The minimum Gasteiger partial charge on any atom is -0.201 e. The second kappa shape index (κ2) is 33.1. The summed E-state index contributed by atoms with van der Waals surface area (Å²) in [5.41, 5.74) is 31.8. The fraction of sp³-hybridized carbons (Fsp3) is 0.358. The summed E-state index contributed by atoms with van der Waals surface area (Å²) in [5, 5.41) is 0. The Kier molecular flexibility index (Phi) is 22.0. The molecule has 8 aromatic carbocycles. The quantitative estimate of drug-likeness (QED) is 0.108. The topological polar surface area (TPSA) is 15.5 Å². The molecule has 6 unspecified atom stereocenters. The third kappa shape index (κ3) is 17.3. The lowest BCUT2D eigenvalue weighted by atomic mass is 9.71. The van der Waals surface area contributed by atoms with E-state index in [9.17, 15) is 0 Å². The van der Waals surface area contributed by atoms with E-state index in [1.54, 1.807) is 5.56 Å². The molecule has 4 heterocycles. The van der Waals surface area contributed by atoms with E-state index in [0.717, 1.165) is 61.3 Å². The zero-order chi connectivity index (χ0) is 78.1. The lowest BCUT2D eigenvalue weighted by Crippen LogP contribution is -2.30. The van der Waals surface area contributed by atoms with E-state index in [2.05, 4.69) is 369 Å². The molecule has 110 heavy (non-hydrogen) atoms. The van der Waals surface area contributed by atoms with Crippen LogP contribution in [-0.2, 0) is 28.2 Å². The maximum atomic E-state index is 9.13. The molecule has 6 aliphatic rings. The first-order valence-corrected chi connectivity index (χ1v) is 41.6. The van der Waals surface area contributed by atoms with Crippen LogP contribution in [0.2, 0.25) is 0 Å². The molecule has 6 saturated carbocycles. The van der Waals surface area contributed by atoms with Gasteiger partial charge in [0.2, 0.25) is 22.8 Å². The first-order valence-electron chi connectivity index (χ1n) is 42.6. The maximum Gasteiger partial charge on any atom is 0.213 e. The highest BCUT2D eigenvalue weighted by molar-refractivity contribution is 5.74. The van der Waals surface area contributed by atoms with E-state index in [1.807, 2.05) is 0 Å². The minimum absolute atomic E-state index is 0.350. The van der Waals surface area contributed by atoms with Crippen molar-refractivity contribution in [1.29, 1.82) is 0 Å². The van der Waals surface area contributed by atoms with Crippen LogP contribution in [0.3, 0.4) is 0 Å². The molecule has 6 fully saturated rings. The van der Waals surface area contributed by atoms with Crippen LogP contribution in [0.25, 0.3) is 89.5 Å². The Hall–Kier alpha value is -9.64. The Morgan fingerprint density at radius 1 is 0.291 bits per heavy atom. The van der Waals surface area contributed by atoms with Gasteiger partial charge in [-0.2, -0.15) is 0 Å². The summed E-state index contributed by atoms with van der Waals surface area (Å²) in [5.74, 6) is 4.02. The van der Waals surface area contributed by atoms with Crippen molar-refractivity contribution < 1.29 is 21.0 Å². The fourth-order valence-electron chi connectivity index (χ4n) is 19.5. The van der Waals surface area contributed by atoms with Crippen LogP contribution in [0.4, 0.5) is 0 Å². The van der Waals surface area contributed by atoms with Gasteiger partial charge in [0.15, 0.2) is 24.8 Å². The zero-order valence-corrected chi connectivity index (χ0v) is 68.0. The Morgan fingerprint density at radius 3 is 1.01 bits per heavy atom. The van der Waals surface area contributed by atoms with Gasteiger partial charge in [-0.15, -0.1) is 0 Å². The molecule has 0 spiro atoms. The van der Waals surface area contributed by atoms with E-state index in [4.69, 9.17) is 2.74 Å². The van der Waals surface area contributed by atoms with E-state index in [-0.39, 0.29) is 5.89 Å². The summed E-state index contributed by atoms with van der Waals surface area (Å²) in [6.45, 7) is 18.2. The predicted octanol–water partition coefficient (Wildman–Crippen LogP) is 25.8. The summed E-state index contributed by atoms with van der Waals surface area (Å²) >= 11 is 0. The van der Waals surface area contributed by atoms with Crippen molar-refractivity contribution in [2.24, 2.45) is 62.7 Å². The van der Waals surface area contributed by atoms with Crippen molar-refractivity contribution in [2.45, 2.75) is 182 Å². The largest absolute Gasteiger partial charge is 0.213 e. The van der Waals surface area contributed by atoms with Crippen molar-refractivity contribution >= 4 is 0 Å². The molecule has 4 heteroatoms. The normalized spacial score (nSPS) is 21.4. The molecule has 18 rings (SSSR count). The van der Waals surface area contributed by atoms with Crippen molar-refractivity contribution in [3.8, 4) is 89.5 Å². The summed E-state index contributed by atoms with van der Waals surface area (Å²) in [6.07, 6.45) is 28.8. The van der Waals surface area contributed by atoms with E-state index in [0.29, 0.717) is 22.7 Å². The summed E-state index contributed by atoms with van der Waals surface area (Å²) in [6, 6.07) is 88.7. The molecule has 4 bridgehead atoms. The van der Waals surface area contributed by atoms with Crippen LogP contribution in [-0.4, -0.2) is 0 Å². The molecule has 4 nitrogen and oxygen atoms in total. The van der Waals surface area contributed by atoms with Gasteiger partial charge in [0, 0.05) is 73.5 Å². The second-order valence-electron chi connectivity index (χ2n) is 35.4. The monoisotopic (exact) mass is 1450 g/mol. The molecular formula is C106H120N4+4. The summed E-state index contributed by atoms with van der Waals surface area (Å²) < 4.78 is 27.0. The third-order valence-corrected chi connectivity index (χ3v) is 26.7. The first-order chi connectivity index (χ1) is 53.9. The van der Waals surface area contributed by atoms with Crippen LogP contribution < -0.4 is 18.3 Å². The average Bonchev–Trinajstić information content (AvgIpc) is 1.64. The van der Waals surface area contributed by atoms with Gasteiger partial charge in [-0.25, -0.2) is 18.3 Å². The van der Waals surface area contributed by atoms with Crippen molar-refractivity contribution in [2.75, 3.05) is 0 Å². The van der Waals surface area contributed by atoms with Crippen LogP contribution in [0.5, 0.6) is 0 Å².